The SMILES string of the molecule is CCOc1ccc(CNC(=O)c2ccc(CN(c3cccc(Cl)c3Cl)S(C)(=O)=O)cc2)cc1. The molecule has 1 amide bonds. The summed E-state index contributed by atoms with van der Waals surface area (Å²) in [6.07, 6.45) is 1.10. The lowest BCUT2D eigenvalue weighted by Crippen LogP contribution is -2.29. The van der Waals surface area contributed by atoms with Crippen molar-refractivity contribution in [1.82, 2.24) is 5.32 Å². The molecule has 9 heteroatoms. The fraction of sp³-hybridized carbons (Fsp3) is 0.208. The molecular formula is C24H24Cl2N2O4S. The molecule has 0 aliphatic rings. The van der Waals surface area contributed by atoms with Crippen LogP contribution in [-0.4, -0.2) is 27.2 Å². The molecule has 1 N–H and O–H groups in total. The molecule has 0 atom stereocenters. The Morgan fingerprint density at radius 3 is 2.21 bits per heavy atom. The van der Waals surface area contributed by atoms with Crippen LogP contribution in [0.1, 0.15) is 28.4 Å². The van der Waals surface area contributed by atoms with Gasteiger partial charge in [-0.25, -0.2) is 8.42 Å². The molecule has 0 heterocycles. The van der Waals surface area contributed by atoms with Gasteiger partial charge < -0.3 is 10.1 Å². The Kier molecular flexibility index (Phi) is 8.24. The molecule has 6 nitrogen and oxygen atoms in total. The van der Waals surface area contributed by atoms with Crippen molar-refractivity contribution in [3.05, 3.63) is 93.5 Å². The lowest BCUT2D eigenvalue weighted by molar-refractivity contribution is 0.0951. The minimum absolute atomic E-state index is 0.0486. The standard InChI is InChI=1S/C24H24Cl2N2O4S/c1-3-32-20-13-9-17(10-14-20)15-27-24(29)19-11-7-18(8-12-19)16-28(33(2,30)31)22-6-4-5-21(25)23(22)26/h4-14H,3,15-16H2,1-2H3,(H,27,29). The smallest absolute Gasteiger partial charge is 0.251 e. The maximum atomic E-state index is 12.5. The van der Waals surface area contributed by atoms with Crippen LogP contribution < -0.4 is 14.4 Å². The van der Waals surface area contributed by atoms with Gasteiger partial charge in [-0.1, -0.05) is 53.5 Å². The topological polar surface area (TPSA) is 75.7 Å². The highest BCUT2D eigenvalue weighted by molar-refractivity contribution is 7.92. The maximum absolute atomic E-state index is 12.5. The molecule has 174 valence electrons. The predicted octanol–water partition coefficient (Wildman–Crippen LogP) is 5.29. The Morgan fingerprint density at radius 1 is 0.970 bits per heavy atom. The molecule has 0 radical (unpaired) electrons. The molecule has 3 aromatic carbocycles. The summed E-state index contributed by atoms with van der Waals surface area (Å²) in [6.45, 7) is 2.94. The van der Waals surface area contributed by atoms with Crippen LogP contribution in [0.3, 0.4) is 0 Å². The zero-order valence-electron chi connectivity index (χ0n) is 18.2. The van der Waals surface area contributed by atoms with E-state index in [1.807, 2.05) is 31.2 Å². The van der Waals surface area contributed by atoms with Gasteiger partial charge in [-0.15, -0.1) is 0 Å². The first-order chi connectivity index (χ1) is 15.7. The van der Waals surface area contributed by atoms with Crippen LogP contribution in [-0.2, 0) is 23.1 Å². The van der Waals surface area contributed by atoms with E-state index in [2.05, 4.69) is 5.32 Å². The van der Waals surface area contributed by atoms with Crippen molar-refractivity contribution in [2.24, 2.45) is 0 Å². The highest BCUT2D eigenvalue weighted by Crippen LogP contribution is 2.34. The number of carbonyl (C=O) groups is 1. The first-order valence-corrected chi connectivity index (χ1v) is 12.8. The quantitative estimate of drug-likeness (QED) is 0.427. The number of halogens is 2. The van der Waals surface area contributed by atoms with Crippen molar-refractivity contribution in [3.8, 4) is 5.75 Å². The number of sulfonamides is 1. The second kappa shape index (κ2) is 10.9. The molecule has 0 bridgehead atoms. The van der Waals surface area contributed by atoms with Gasteiger partial charge in [-0.3, -0.25) is 9.10 Å². The van der Waals surface area contributed by atoms with Crippen LogP contribution in [0, 0.1) is 0 Å². The maximum Gasteiger partial charge on any atom is 0.251 e. The van der Waals surface area contributed by atoms with Gasteiger partial charge in [-0.05, 0) is 54.4 Å². The van der Waals surface area contributed by atoms with Crippen LogP contribution in [0.2, 0.25) is 10.0 Å². The van der Waals surface area contributed by atoms with Crippen molar-refractivity contribution < 1.29 is 17.9 Å². The van der Waals surface area contributed by atoms with Gasteiger partial charge in [-0.2, -0.15) is 0 Å². The van der Waals surface area contributed by atoms with Crippen molar-refractivity contribution in [1.29, 1.82) is 0 Å². The largest absolute Gasteiger partial charge is 0.494 e. The Hall–Kier alpha value is -2.74. The first-order valence-electron chi connectivity index (χ1n) is 10.2. The van der Waals surface area contributed by atoms with Gasteiger partial charge in [0.25, 0.3) is 5.91 Å². The number of ether oxygens (including phenoxy) is 1. The Bertz CT molecular complexity index is 1210. The Balaban J connectivity index is 1.68. The number of anilines is 1. The molecule has 0 spiro atoms. The van der Waals surface area contributed by atoms with E-state index in [-0.39, 0.29) is 22.5 Å². The summed E-state index contributed by atoms with van der Waals surface area (Å²) >= 11 is 12.3. The molecule has 0 aliphatic carbocycles. The third-order valence-electron chi connectivity index (χ3n) is 4.83. The van der Waals surface area contributed by atoms with Crippen LogP contribution in [0.25, 0.3) is 0 Å². The number of rotatable bonds is 9. The second-order valence-corrected chi connectivity index (χ2v) is 9.99. The van der Waals surface area contributed by atoms with Gasteiger partial charge in [0.2, 0.25) is 10.0 Å². The first kappa shape index (κ1) is 24.9. The Labute approximate surface area is 204 Å². The number of amides is 1. The molecule has 0 fully saturated rings. The summed E-state index contributed by atoms with van der Waals surface area (Å²) in [5.41, 5.74) is 2.41. The van der Waals surface area contributed by atoms with Gasteiger partial charge in [0.05, 0.1) is 35.1 Å². The van der Waals surface area contributed by atoms with Gasteiger partial charge in [0.1, 0.15) is 5.75 Å². The summed E-state index contributed by atoms with van der Waals surface area (Å²) in [5.74, 6) is 0.554. The van der Waals surface area contributed by atoms with Crippen LogP contribution in [0.15, 0.2) is 66.7 Å². The molecule has 0 aromatic heterocycles. The van der Waals surface area contributed by atoms with Crippen LogP contribution in [0.4, 0.5) is 5.69 Å². The van der Waals surface area contributed by atoms with E-state index in [1.165, 1.54) is 4.31 Å². The summed E-state index contributed by atoms with van der Waals surface area (Å²) < 4.78 is 31.4. The van der Waals surface area contributed by atoms with Crippen molar-refractivity contribution in [3.63, 3.8) is 0 Å². The normalized spacial score (nSPS) is 11.2. The second-order valence-electron chi connectivity index (χ2n) is 7.30. The summed E-state index contributed by atoms with van der Waals surface area (Å²) in [4.78, 5) is 12.5. The van der Waals surface area contributed by atoms with Gasteiger partial charge in [0, 0.05) is 12.1 Å². The van der Waals surface area contributed by atoms with E-state index >= 15 is 0 Å². The van der Waals surface area contributed by atoms with Gasteiger partial charge in [0.15, 0.2) is 0 Å². The highest BCUT2D eigenvalue weighted by Gasteiger charge is 2.21. The summed E-state index contributed by atoms with van der Waals surface area (Å²) in [6, 6.07) is 19.1. The lowest BCUT2D eigenvalue weighted by Gasteiger charge is -2.24. The number of nitrogens with one attached hydrogen (secondary N) is 1. The fourth-order valence-corrected chi connectivity index (χ4v) is 4.49. The molecule has 0 unspecified atom stereocenters. The van der Waals surface area contributed by atoms with Gasteiger partial charge >= 0.3 is 0 Å². The van der Waals surface area contributed by atoms with E-state index < -0.39 is 10.0 Å². The number of carbonyl (C=O) groups excluding carboxylic acids is 1. The van der Waals surface area contributed by atoms with Crippen LogP contribution >= 0.6 is 23.2 Å². The number of nitrogens with zero attached hydrogens (tertiary/aromatic N) is 1. The summed E-state index contributed by atoms with van der Waals surface area (Å²) in [5, 5.41) is 3.30. The average molecular weight is 507 g/mol. The monoisotopic (exact) mass is 506 g/mol. The fourth-order valence-electron chi connectivity index (χ4n) is 3.15. The average Bonchev–Trinajstić information content (AvgIpc) is 2.79. The minimum atomic E-state index is -3.63. The van der Waals surface area contributed by atoms with E-state index in [0.29, 0.717) is 30.0 Å². The van der Waals surface area contributed by atoms with Crippen molar-refractivity contribution in [2.75, 3.05) is 17.2 Å². The van der Waals surface area contributed by atoms with E-state index in [4.69, 9.17) is 27.9 Å². The Morgan fingerprint density at radius 2 is 1.61 bits per heavy atom. The number of hydrogen-bond acceptors (Lipinski definition) is 4. The highest BCUT2D eigenvalue weighted by atomic mass is 35.5. The third-order valence-corrected chi connectivity index (χ3v) is 6.77. The zero-order chi connectivity index (χ0) is 24.0. The van der Waals surface area contributed by atoms with E-state index in [0.717, 1.165) is 17.6 Å². The molecule has 0 aliphatic heterocycles. The van der Waals surface area contributed by atoms with Crippen molar-refractivity contribution in [2.45, 2.75) is 20.0 Å². The van der Waals surface area contributed by atoms with E-state index in [1.54, 1.807) is 42.5 Å². The molecule has 0 saturated carbocycles. The minimum Gasteiger partial charge on any atom is -0.494 e. The summed E-state index contributed by atoms with van der Waals surface area (Å²) in [7, 11) is -3.63. The number of hydrogen-bond donors (Lipinski definition) is 1. The predicted molar refractivity (Wildman–Crippen MR) is 133 cm³/mol. The zero-order valence-corrected chi connectivity index (χ0v) is 20.5. The third kappa shape index (κ3) is 6.63. The van der Waals surface area contributed by atoms with Crippen LogP contribution in [0.5, 0.6) is 5.75 Å². The molecule has 0 saturated heterocycles. The molecule has 3 aromatic rings. The number of benzene rings is 3. The molecule has 33 heavy (non-hydrogen) atoms. The lowest BCUT2D eigenvalue weighted by atomic mass is 10.1. The molecular weight excluding hydrogens is 483 g/mol. The molecule has 3 rings (SSSR count). The van der Waals surface area contributed by atoms with E-state index in [9.17, 15) is 13.2 Å². The van der Waals surface area contributed by atoms with Crippen molar-refractivity contribution >= 4 is 44.8 Å².